The van der Waals surface area contributed by atoms with Crippen molar-refractivity contribution in [1.82, 2.24) is 20.0 Å². The number of nitrogens with one attached hydrogen (secondary N) is 1. The summed E-state index contributed by atoms with van der Waals surface area (Å²) in [6.45, 7) is 7.32. The van der Waals surface area contributed by atoms with E-state index >= 15 is 0 Å². The van der Waals surface area contributed by atoms with Crippen LogP contribution in [0, 0.1) is 5.82 Å². The molecule has 112 valence electrons. The van der Waals surface area contributed by atoms with Gasteiger partial charge in [0.25, 0.3) is 0 Å². The molecule has 3 rings (SSSR count). The molecule has 2 heterocycles. The fraction of sp³-hybridized carbons (Fsp3) is 0.438. The first-order chi connectivity index (χ1) is 10.1. The van der Waals surface area contributed by atoms with Crippen molar-refractivity contribution >= 4 is 0 Å². The zero-order valence-electron chi connectivity index (χ0n) is 12.5. The molecule has 1 aromatic carbocycles. The summed E-state index contributed by atoms with van der Waals surface area (Å²) < 4.78 is 14.9. The highest BCUT2D eigenvalue weighted by Gasteiger charge is 2.21. The second-order valence-corrected chi connectivity index (χ2v) is 5.87. The minimum atomic E-state index is -0.225. The number of hydrogen-bond acceptors (Lipinski definition) is 3. The molecule has 1 aliphatic heterocycles. The van der Waals surface area contributed by atoms with Crippen LogP contribution in [0.15, 0.2) is 36.5 Å². The lowest BCUT2D eigenvalue weighted by atomic mass is 10.1. The van der Waals surface area contributed by atoms with E-state index in [2.05, 4.69) is 29.2 Å². The molecule has 0 amide bonds. The van der Waals surface area contributed by atoms with Gasteiger partial charge in [0.05, 0.1) is 11.4 Å². The molecular weight excluding hydrogens is 267 g/mol. The average molecular weight is 288 g/mol. The van der Waals surface area contributed by atoms with Crippen molar-refractivity contribution in [2.24, 2.45) is 0 Å². The number of halogens is 1. The number of aromatic nitrogens is 2. The molecule has 1 N–H and O–H groups in total. The number of nitrogens with zero attached hydrogens (tertiary/aromatic N) is 3. The molecule has 0 aliphatic carbocycles. The Bertz CT molecular complexity index is 583. The molecule has 2 unspecified atom stereocenters. The van der Waals surface area contributed by atoms with Gasteiger partial charge in [-0.3, -0.25) is 4.90 Å². The first-order valence-corrected chi connectivity index (χ1v) is 7.39. The predicted octanol–water partition coefficient (Wildman–Crippen LogP) is 2.19. The fourth-order valence-corrected chi connectivity index (χ4v) is 3.06. The second kappa shape index (κ2) is 5.95. The maximum Gasteiger partial charge on any atom is 0.123 e. The van der Waals surface area contributed by atoms with E-state index in [0.29, 0.717) is 12.1 Å². The molecule has 0 radical (unpaired) electrons. The normalized spacial score (nSPS) is 23.4. The summed E-state index contributed by atoms with van der Waals surface area (Å²) in [6.07, 6.45) is 1.80. The van der Waals surface area contributed by atoms with Gasteiger partial charge < -0.3 is 5.32 Å². The van der Waals surface area contributed by atoms with Gasteiger partial charge in [0.1, 0.15) is 5.82 Å². The van der Waals surface area contributed by atoms with Crippen LogP contribution >= 0.6 is 0 Å². The minimum absolute atomic E-state index is 0.225. The highest BCUT2D eigenvalue weighted by atomic mass is 19.1. The van der Waals surface area contributed by atoms with Crippen LogP contribution in [-0.2, 0) is 6.54 Å². The van der Waals surface area contributed by atoms with Crippen LogP contribution in [0.3, 0.4) is 0 Å². The number of benzene rings is 1. The molecule has 0 saturated carbocycles. The van der Waals surface area contributed by atoms with Gasteiger partial charge in [-0.25, -0.2) is 9.07 Å². The van der Waals surface area contributed by atoms with E-state index in [-0.39, 0.29) is 5.82 Å². The van der Waals surface area contributed by atoms with Crippen LogP contribution in [0.25, 0.3) is 5.69 Å². The number of rotatable bonds is 3. The van der Waals surface area contributed by atoms with Gasteiger partial charge in [-0.15, -0.1) is 0 Å². The van der Waals surface area contributed by atoms with Crippen molar-refractivity contribution in [2.45, 2.75) is 32.5 Å². The van der Waals surface area contributed by atoms with Crippen molar-refractivity contribution in [2.75, 3.05) is 13.1 Å². The smallest absolute Gasteiger partial charge is 0.123 e. The lowest BCUT2D eigenvalue weighted by Crippen LogP contribution is -2.53. The standard InChI is InChI=1S/C16H21FN4/c1-12-9-20(10-13(2)19-12)11-16-7-8-18-21(16)15-5-3-14(17)4-6-15/h3-8,12-13,19H,9-11H2,1-2H3. The SMILES string of the molecule is CC1CN(Cc2ccnn2-c2ccc(F)cc2)CC(C)N1. The Labute approximate surface area is 124 Å². The Morgan fingerprint density at radius 3 is 2.48 bits per heavy atom. The molecular formula is C16H21FN4. The van der Waals surface area contributed by atoms with Crippen molar-refractivity contribution in [3.63, 3.8) is 0 Å². The summed E-state index contributed by atoms with van der Waals surface area (Å²) in [6, 6.07) is 9.47. The minimum Gasteiger partial charge on any atom is -0.309 e. The highest BCUT2D eigenvalue weighted by Crippen LogP contribution is 2.15. The summed E-state index contributed by atoms with van der Waals surface area (Å²) in [5, 5.41) is 7.91. The molecule has 0 spiro atoms. The first kappa shape index (κ1) is 14.2. The van der Waals surface area contributed by atoms with Crippen LogP contribution in [0.4, 0.5) is 4.39 Å². The van der Waals surface area contributed by atoms with Gasteiger partial charge in [0.15, 0.2) is 0 Å². The molecule has 1 fully saturated rings. The van der Waals surface area contributed by atoms with Gasteiger partial charge in [-0.1, -0.05) is 0 Å². The van der Waals surface area contributed by atoms with Gasteiger partial charge in [0, 0.05) is 37.9 Å². The third kappa shape index (κ3) is 3.31. The van der Waals surface area contributed by atoms with Crippen molar-refractivity contribution in [1.29, 1.82) is 0 Å². The van der Waals surface area contributed by atoms with E-state index < -0.39 is 0 Å². The zero-order chi connectivity index (χ0) is 14.8. The summed E-state index contributed by atoms with van der Waals surface area (Å²) in [5.41, 5.74) is 2.02. The summed E-state index contributed by atoms with van der Waals surface area (Å²) >= 11 is 0. The monoisotopic (exact) mass is 288 g/mol. The Hall–Kier alpha value is -1.72. The van der Waals surface area contributed by atoms with Crippen LogP contribution in [-0.4, -0.2) is 39.9 Å². The van der Waals surface area contributed by atoms with E-state index in [0.717, 1.165) is 31.0 Å². The summed E-state index contributed by atoms with van der Waals surface area (Å²) in [5.74, 6) is -0.225. The lowest BCUT2D eigenvalue weighted by molar-refractivity contribution is 0.164. The average Bonchev–Trinajstić information content (AvgIpc) is 2.86. The summed E-state index contributed by atoms with van der Waals surface area (Å²) in [7, 11) is 0. The van der Waals surface area contributed by atoms with E-state index in [1.165, 1.54) is 12.1 Å². The lowest BCUT2D eigenvalue weighted by Gasteiger charge is -2.36. The molecule has 4 nitrogen and oxygen atoms in total. The van der Waals surface area contributed by atoms with Crippen molar-refractivity contribution < 1.29 is 4.39 Å². The zero-order valence-corrected chi connectivity index (χ0v) is 12.5. The molecule has 2 atom stereocenters. The van der Waals surface area contributed by atoms with E-state index in [1.54, 1.807) is 18.3 Å². The van der Waals surface area contributed by atoms with Gasteiger partial charge in [0.2, 0.25) is 0 Å². The van der Waals surface area contributed by atoms with Gasteiger partial charge in [-0.05, 0) is 44.2 Å². The summed E-state index contributed by atoms with van der Waals surface area (Å²) in [4.78, 5) is 2.43. The van der Waals surface area contributed by atoms with Crippen LogP contribution < -0.4 is 5.32 Å². The second-order valence-electron chi connectivity index (χ2n) is 5.87. The quantitative estimate of drug-likeness (QED) is 0.940. The predicted molar refractivity (Wildman–Crippen MR) is 80.9 cm³/mol. The van der Waals surface area contributed by atoms with Crippen molar-refractivity contribution in [3.05, 3.63) is 48.0 Å². The molecule has 21 heavy (non-hydrogen) atoms. The third-order valence-electron chi connectivity index (χ3n) is 3.81. The van der Waals surface area contributed by atoms with Crippen molar-refractivity contribution in [3.8, 4) is 5.69 Å². The number of piperazine rings is 1. The van der Waals surface area contributed by atoms with E-state index in [9.17, 15) is 4.39 Å². The van der Waals surface area contributed by atoms with E-state index in [4.69, 9.17) is 0 Å². The highest BCUT2D eigenvalue weighted by molar-refractivity contribution is 5.32. The van der Waals surface area contributed by atoms with Gasteiger partial charge >= 0.3 is 0 Å². The molecule has 2 aromatic rings. The topological polar surface area (TPSA) is 33.1 Å². The molecule has 5 heteroatoms. The molecule has 0 bridgehead atoms. The number of hydrogen-bond donors (Lipinski definition) is 1. The van der Waals surface area contributed by atoms with Crippen LogP contribution in [0.1, 0.15) is 19.5 Å². The Morgan fingerprint density at radius 1 is 1.14 bits per heavy atom. The molecule has 1 aliphatic rings. The Morgan fingerprint density at radius 2 is 1.81 bits per heavy atom. The first-order valence-electron chi connectivity index (χ1n) is 7.39. The largest absolute Gasteiger partial charge is 0.309 e. The molecule has 1 saturated heterocycles. The maximum atomic E-state index is 13.0. The third-order valence-corrected chi connectivity index (χ3v) is 3.81. The van der Waals surface area contributed by atoms with E-state index in [1.807, 2.05) is 10.7 Å². The fourth-order valence-electron chi connectivity index (χ4n) is 3.06. The maximum absolute atomic E-state index is 13.0. The Balaban J connectivity index is 1.78. The Kier molecular flexibility index (Phi) is 4.03. The van der Waals surface area contributed by atoms with Crippen LogP contribution in [0.2, 0.25) is 0 Å². The molecule has 1 aromatic heterocycles. The van der Waals surface area contributed by atoms with Gasteiger partial charge in [-0.2, -0.15) is 5.10 Å². The van der Waals surface area contributed by atoms with Crippen LogP contribution in [0.5, 0.6) is 0 Å².